The van der Waals surface area contributed by atoms with Gasteiger partial charge in [-0.1, -0.05) is 6.92 Å². The first-order chi connectivity index (χ1) is 9.90. The van der Waals surface area contributed by atoms with E-state index in [9.17, 15) is 14.9 Å². The van der Waals surface area contributed by atoms with Gasteiger partial charge in [0.25, 0.3) is 0 Å². The number of nitrogens with zero attached hydrogens (tertiary/aromatic N) is 4. The Morgan fingerprint density at radius 3 is 2.81 bits per heavy atom. The van der Waals surface area contributed by atoms with E-state index in [2.05, 4.69) is 15.4 Å². The van der Waals surface area contributed by atoms with E-state index in [1.807, 2.05) is 0 Å². The molecule has 2 rings (SSSR count). The van der Waals surface area contributed by atoms with Crippen molar-refractivity contribution in [3.63, 3.8) is 0 Å². The fraction of sp³-hybridized carbons (Fsp3) is 0.417. The lowest BCUT2D eigenvalue weighted by Gasteiger charge is -2.11. The predicted octanol–water partition coefficient (Wildman–Crippen LogP) is 2.14. The number of carbonyl (C=O) groups is 1. The number of hydrogen-bond donors (Lipinski definition) is 1. The molecule has 2 aromatic heterocycles. The fourth-order valence-corrected chi connectivity index (χ4v) is 2.52. The molecular formula is C12H15N5O3S. The van der Waals surface area contributed by atoms with Gasteiger partial charge >= 0.3 is 5.69 Å². The summed E-state index contributed by atoms with van der Waals surface area (Å²) in [4.78, 5) is 26.5. The van der Waals surface area contributed by atoms with Crippen LogP contribution in [0.4, 0.5) is 10.8 Å². The molecule has 0 aliphatic rings. The van der Waals surface area contributed by atoms with Gasteiger partial charge < -0.3 is 5.32 Å². The van der Waals surface area contributed by atoms with Crippen molar-refractivity contribution in [2.75, 3.05) is 5.32 Å². The highest BCUT2D eigenvalue weighted by Gasteiger charge is 2.24. The molecule has 0 saturated carbocycles. The first-order valence-electron chi connectivity index (χ1n) is 6.29. The van der Waals surface area contributed by atoms with Crippen molar-refractivity contribution in [1.29, 1.82) is 0 Å². The van der Waals surface area contributed by atoms with E-state index >= 15 is 0 Å². The molecule has 0 bridgehead atoms. The Kier molecular flexibility index (Phi) is 4.32. The van der Waals surface area contributed by atoms with E-state index < -0.39 is 4.92 Å². The van der Waals surface area contributed by atoms with E-state index in [-0.39, 0.29) is 24.1 Å². The summed E-state index contributed by atoms with van der Waals surface area (Å²) in [5.41, 5.74) is 0.805. The summed E-state index contributed by atoms with van der Waals surface area (Å²) in [6.45, 7) is 5.23. The van der Waals surface area contributed by atoms with Crippen LogP contribution in [0, 0.1) is 29.9 Å². The molecular weight excluding hydrogens is 294 g/mol. The molecule has 0 aliphatic carbocycles. The molecule has 0 radical (unpaired) electrons. The van der Waals surface area contributed by atoms with E-state index in [1.54, 1.807) is 32.3 Å². The number of nitro groups is 1. The van der Waals surface area contributed by atoms with Gasteiger partial charge in [0, 0.05) is 11.6 Å². The standard InChI is InChI=1S/C12H15N5O3S/c1-7(11(18)14-12-13-4-5-21-12)6-16-9(3)10(17(19)20)8(2)15-16/h4-5,7H,6H2,1-3H3,(H,13,14,18)/t7-/m0/s1. The number of anilines is 1. The fourth-order valence-electron chi connectivity index (χ4n) is 1.99. The minimum absolute atomic E-state index is 0.00234. The van der Waals surface area contributed by atoms with Crippen LogP contribution in [0.3, 0.4) is 0 Å². The van der Waals surface area contributed by atoms with E-state index in [1.165, 1.54) is 16.0 Å². The average Bonchev–Trinajstić information content (AvgIpc) is 2.98. The number of nitrogens with one attached hydrogen (secondary N) is 1. The third-order valence-electron chi connectivity index (χ3n) is 3.08. The van der Waals surface area contributed by atoms with Crippen LogP contribution in [-0.2, 0) is 11.3 Å². The summed E-state index contributed by atoms with van der Waals surface area (Å²) >= 11 is 1.33. The highest BCUT2D eigenvalue weighted by atomic mass is 32.1. The molecule has 0 aromatic carbocycles. The van der Waals surface area contributed by atoms with Gasteiger partial charge in [0.15, 0.2) is 5.13 Å². The van der Waals surface area contributed by atoms with Gasteiger partial charge in [-0.25, -0.2) is 4.98 Å². The van der Waals surface area contributed by atoms with E-state index in [0.717, 1.165) is 0 Å². The van der Waals surface area contributed by atoms with Crippen LogP contribution in [0.5, 0.6) is 0 Å². The molecule has 9 heteroatoms. The van der Waals surface area contributed by atoms with E-state index in [0.29, 0.717) is 16.5 Å². The molecule has 1 N–H and O–H groups in total. The summed E-state index contributed by atoms with van der Waals surface area (Å²) in [6, 6.07) is 0. The first-order valence-corrected chi connectivity index (χ1v) is 7.17. The molecule has 0 saturated heterocycles. The van der Waals surface area contributed by atoms with Gasteiger partial charge in [-0.05, 0) is 13.8 Å². The molecule has 0 aliphatic heterocycles. The van der Waals surface area contributed by atoms with Crippen LogP contribution in [0.2, 0.25) is 0 Å². The van der Waals surface area contributed by atoms with Gasteiger partial charge in [-0.3, -0.25) is 19.6 Å². The van der Waals surface area contributed by atoms with Crippen molar-refractivity contribution in [1.82, 2.24) is 14.8 Å². The summed E-state index contributed by atoms with van der Waals surface area (Å²) in [6.07, 6.45) is 1.61. The molecule has 2 heterocycles. The second-order valence-corrected chi connectivity index (χ2v) is 5.58. The van der Waals surface area contributed by atoms with Crippen molar-refractivity contribution in [3.8, 4) is 0 Å². The Balaban J connectivity index is 2.09. The summed E-state index contributed by atoms with van der Waals surface area (Å²) in [5, 5.41) is 20.1. The predicted molar refractivity (Wildman–Crippen MR) is 78.3 cm³/mol. The first kappa shape index (κ1) is 15.1. The van der Waals surface area contributed by atoms with E-state index in [4.69, 9.17) is 0 Å². The van der Waals surface area contributed by atoms with Crippen LogP contribution in [0.25, 0.3) is 0 Å². The smallest absolute Gasteiger partial charge is 0.302 e. The monoisotopic (exact) mass is 309 g/mol. The lowest BCUT2D eigenvalue weighted by molar-refractivity contribution is -0.386. The summed E-state index contributed by atoms with van der Waals surface area (Å²) < 4.78 is 1.50. The number of thiazole rings is 1. The second-order valence-electron chi connectivity index (χ2n) is 4.69. The maximum absolute atomic E-state index is 12.0. The largest absolute Gasteiger partial charge is 0.312 e. The topological polar surface area (TPSA) is 103 Å². The normalized spacial score (nSPS) is 12.1. The van der Waals surface area contributed by atoms with Gasteiger partial charge in [-0.2, -0.15) is 5.10 Å². The Bertz CT molecular complexity index is 665. The lowest BCUT2D eigenvalue weighted by atomic mass is 10.1. The molecule has 0 fully saturated rings. The lowest BCUT2D eigenvalue weighted by Crippen LogP contribution is -2.25. The number of carbonyl (C=O) groups excluding carboxylic acids is 1. The Labute approximate surface area is 125 Å². The van der Waals surface area contributed by atoms with Gasteiger partial charge in [0.2, 0.25) is 5.91 Å². The summed E-state index contributed by atoms with van der Waals surface area (Å²) in [5.74, 6) is -0.577. The number of aryl methyl sites for hydroxylation is 1. The minimum atomic E-state index is -0.450. The zero-order chi connectivity index (χ0) is 15.6. The second kappa shape index (κ2) is 6.00. The Morgan fingerprint density at radius 2 is 2.29 bits per heavy atom. The zero-order valence-corrected chi connectivity index (χ0v) is 12.7. The number of rotatable bonds is 5. The van der Waals surface area contributed by atoms with Gasteiger partial charge in [0.05, 0.1) is 17.4 Å². The van der Waals surface area contributed by atoms with Crippen molar-refractivity contribution in [3.05, 3.63) is 33.1 Å². The maximum atomic E-state index is 12.0. The van der Waals surface area contributed by atoms with Crippen molar-refractivity contribution in [2.24, 2.45) is 5.92 Å². The minimum Gasteiger partial charge on any atom is -0.302 e. The molecule has 112 valence electrons. The highest BCUT2D eigenvalue weighted by Crippen LogP contribution is 2.22. The van der Waals surface area contributed by atoms with Gasteiger partial charge in [0.1, 0.15) is 11.4 Å². The SMILES string of the molecule is Cc1nn(C[C@H](C)C(=O)Nc2nccs2)c(C)c1[N+](=O)[O-]. The molecule has 8 nitrogen and oxygen atoms in total. The molecule has 2 aromatic rings. The molecule has 1 atom stereocenters. The summed E-state index contributed by atoms with van der Waals surface area (Å²) in [7, 11) is 0. The Hall–Kier alpha value is -2.29. The van der Waals surface area contributed by atoms with Crippen LogP contribution in [-0.4, -0.2) is 25.6 Å². The Morgan fingerprint density at radius 1 is 1.57 bits per heavy atom. The van der Waals surface area contributed by atoms with Crippen LogP contribution in [0.1, 0.15) is 18.3 Å². The third-order valence-corrected chi connectivity index (χ3v) is 3.77. The van der Waals surface area contributed by atoms with Gasteiger partial charge in [-0.15, -0.1) is 11.3 Å². The van der Waals surface area contributed by atoms with Crippen molar-refractivity contribution < 1.29 is 9.72 Å². The number of amides is 1. The number of aromatic nitrogens is 3. The maximum Gasteiger partial charge on any atom is 0.312 e. The van der Waals surface area contributed by atoms with Crippen molar-refractivity contribution >= 4 is 28.1 Å². The van der Waals surface area contributed by atoms with Crippen LogP contribution >= 0.6 is 11.3 Å². The highest BCUT2D eigenvalue weighted by molar-refractivity contribution is 7.13. The number of hydrogen-bond acceptors (Lipinski definition) is 6. The van der Waals surface area contributed by atoms with Crippen molar-refractivity contribution in [2.45, 2.75) is 27.3 Å². The van der Waals surface area contributed by atoms with Crippen LogP contribution in [0.15, 0.2) is 11.6 Å². The molecule has 1 amide bonds. The molecule has 21 heavy (non-hydrogen) atoms. The average molecular weight is 309 g/mol. The van der Waals surface area contributed by atoms with Crippen LogP contribution < -0.4 is 5.32 Å². The molecule has 0 spiro atoms. The quantitative estimate of drug-likeness (QED) is 0.673. The molecule has 0 unspecified atom stereocenters. The third kappa shape index (κ3) is 3.24. The zero-order valence-electron chi connectivity index (χ0n) is 11.9.